The van der Waals surface area contributed by atoms with Crippen LogP contribution in [0.3, 0.4) is 0 Å². The molecule has 36 valence electrons. The molecule has 0 aliphatic heterocycles. The molecule has 0 amide bonds. The Balaban J connectivity index is 3.82. The zero-order valence-electron chi connectivity index (χ0n) is 3.26. The smallest absolute Gasteiger partial charge is 0.199 e. The topological polar surface area (TPSA) is 49.7 Å². The fourth-order valence-corrected chi connectivity index (χ4v) is 0.0493. The molecule has 0 aromatic carbocycles. The number of hydrogen-bond acceptors (Lipinski definition) is 3. The van der Waals surface area contributed by atoms with Gasteiger partial charge in [-0.05, 0) is 0 Å². The highest BCUT2D eigenvalue weighted by Crippen LogP contribution is 1.80. The third-order valence-corrected chi connectivity index (χ3v) is 0.553. The van der Waals surface area contributed by atoms with E-state index in [0.29, 0.717) is 0 Å². The van der Waals surface area contributed by atoms with Crippen LogP contribution in [-0.4, -0.2) is 23.9 Å². The average molecular weight is 117 g/mol. The van der Waals surface area contributed by atoms with Crippen LogP contribution >= 0.6 is 11.6 Å². The number of hydrogen-bond donors (Lipinski definition) is 1. The summed E-state index contributed by atoms with van der Waals surface area (Å²) >= 11 is 4.83. The monoisotopic (exact) mass is 117 g/mol. The number of carbonyl (C=O) groups is 1. The van der Waals surface area contributed by atoms with Gasteiger partial charge >= 0.3 is 0 Å². The van der Waals surface area contributed by atoms with E-state index in [4.69, 9.17) is 16.8 Å². The van der Waals surface area contributed by atoms with E-state index in [1.807, 2.05) is 0 Å². The standard InChI is InChI=1S/C2HBClNO2/c3-1(6)2(4)5-7/h7H/b5-2-. The van der Waals surface area contributed by atoms with Crippen LogP contribution in [0.2, 0.25) is 0 Å². The van der Waals surface area contributed by atoms with Gasteiger partial charge in [0, 0.05) is 0 Å². The van der Waals surface area contributed by atoms with Gasteiger partial charge in [0.15, 0.2) is 13.0 Å². The lowest BCUT2D eigenvalue weighted by Gasteiger charge is -1.79. The molecule has 0 saturated carbocycles. The molecule has 0 aromatic rings. The third-order valence-electron chi connectivity index (χ3n) is 0.291. The van der Waals surface area contributed by atoms with Crippen molar-refractivity contribution in [2.45, 2.75) is 0 Å². The number of rotatable bonds is 1. The molecule has 0 rings (SSSR count). The Kier molecular flexibility index (Phi) is 2.44. The lowest BCUT2D eigenvalue weighted by Crippen LogP contribution is -2.05. The minimum atomic E-state index is -0.941. The van der Waals surface area contributed by atoms with Gasteiger partial charge in [0.25, 0.3) is 0 Å². The molecule has 0 fully saturated rings. The highest BCUT2D eigenvalue weighted by Gasteiger charge is 1.96. The van der Waals surface area contributed by atoms with Crippen molar-refractivity contribution < 1.29 is 10.0 Å². The number of halogens is 1. The minimum absolute atomic E-state index is 0.611. The summed E-state index contributed by atoms with van der Waals surface area (Å²) in [5, 5.41) is 9.34. The predicted octanol–water partition coefficient (Wildman–Crippen LogP) is -0.292. The number of carbonyl (C=O) groups excluding carboxylic acids is 1. The molecule has 3 nitrogen and oxygen atoms in total. The Bertz CT molecular complexity index is 112. The summed E-state index contributed by atoms with van der Waals surface area (Å²) in [5.74, 6) is 0. The summed E-state index contributed by atoms with van der Waals surface area (Å²) < 4.78 is 0. The van der Waals surface area contributed by atoms with Gasteiger partial charge in [0.1, 0.15) is 5.68 Å². The van der Waals surface area contributed by atoms with Crippen molar-refractivity contribution >= 4 is 30.3 Å². The fraction of sp³-hybridized carbons (Fsp3) is 0. The maximum Gasteiger partial charge on any atom is 0.199 e. The van der Waals surface area contributed by atoms with Crippen LogP contribution < -0.4 is 0 Å². The summed E-state index contributed by atoms with van der Waals surface area (Å²) in [4.78, 5) is 9.73. The Morgan fingerprint density at radius 3 is 2.29 bits per heavy atom. The lowest BCUT2D eigenvalue weighted by atomic mass is 10.1. The van der Waals surface area contributed by atoms with Crippen molar-refractivity contribution in [3.63, 3.8) is 0 Å². The SMILES string of the molecule is [B]C(=O)/C(Cl)=N/O. The molecule has 0 spiro atoms. The van der Waals surface area contributed by atoms with Gasteiger partial charge in [-0.15, -0.1) is 0 Å². The normalized spacial score (nSPS) is 11.3. The molecule has 0 aliphatic carbocycles. The van der Waals surface area contributed by atoms with Crippen molar-refractivity contribution in [1.82, 2.24) is 0 Å². The predicted molar refractivity (Wildman–Crippen MR) is 25.8 cm³/mol. The molecule has 0 bridgehead atoms. The largest absolute Gasteiger partial charge is 0.410 e. The first-order chi connectivity index (χ1) is 3.18. The maximum absolute atomic E-state index is 9.73. The first-order valence-electron chi connectivity index (χ1n) is 1.36. The summed E-state index contributed by atoms with van der Waals surface area (Å²) in [6.45, 7) is 0. The number of nitrogens with zero attached hydrogens (tertiary/aromatic N) is 1. The molecular weight excluding hydrogens is 116 g/mol. The average Bonchev–Trinajstić information content (AvgIpc) is 1.65. The summed E-state index contributed by atoms with van der Waals surface area (Å²) in [6.07, 6.45) is 0. The molecular formula is C2HBClNO2. The maximum atomic E-state index is 9.73. The molecule has 0 saturated heterocycles. The highest BCUT2D eigenvalue weighted by molar-refractivity contribution is 6.97. The summed E-state index contributed by atoms with van der Waals surface area (Å²) in [7, 11) is 4.48. The molecule has 5 heteroatoms. The van der Waals surface area contributed by atoms with E-state index in [0.717, 1.165) is 0 Å². The van der Waals surface area contributed by atoms with E-state index in [1.54, 1.807) is 0 Å². The second-order valence-electron chi connectivity index (χ2n) is 0.755. The van der Waals surface area contributed by atoms with Crippen LogP contribution in [0.4, 0.5) is 0 Å². The van der Waals surface area contributed by atoms with Crippen LogP contribution in [0.5, 0.6) is 0 Å². The van der Waals surface area contributed by atoms with Gasteiger partial charge in [0.05, 0.1) is 0 Å². The van der Waals surface area contributed by atoms with E-state index >= 15 is 0 Å². The van der Waals surface area contributed by atoms with Gasteiger partial charge in [0.2, 0.25) is 0 Å². The van der Waals surface area contributed by atoms with E-state index < -0.39 is 10.9 Å². The lowest BCUT2D eigenvalue weighted by molar-refractivity contribution is -0.106. The molecule has 0 aliphatic rings. The summed E-state index contributed by atoms with van der Waals surface area (Å²) in [5.41, 5.74) is -0.941. The van der Waals surface area contributed by atoms with Gasteiger partial charge in [-0.1, -0.05) is 16.8 Å². The van der Waals surface area contributed by atoms with E-state index in [9.17, 15) is 4.79 Å². The third kappa shape index (κ3) is 2.22. The molecule has 2 radical (unpaired) electrons. The van der Waals surface area contributed by atoms with Crippen molar-refractivity contribution in [3.05, 3.63) is 0 Å². The van der Waals surface area contributed by atoms with E-state index in [-0.39, 0.29) is 0 Å². The molecule has 0 heterocycles. The van der Waals surface area contributed by atoms with Gasteiger partial charge in [-0.25, -0.2) is 0 Å². The zero-order valence-corrected chi connectivity index (χ0v) is 4.01. The van der Waals surface area contributed by atoms with Gasteiger partial charge in [-0.2, -0.15) is 0 Å². The summed E-state index contributed by atoms with van der Waals surface area (Å²) in [6, 6.07) is 0. The van der Waals surface area contributed by atoms with Crippen LogP contribution in [0.15, 0.2) is 5.16 Å². The second-order valence-corrected chi connectivity index (χ2v) is 1.11. The fourth-order valence-electron chi connectivity index (χ4n) is 0.0493. The zero-order chi connectivity index (χ0) is 5.86. The molecule has 0 aromatic heterocycles. The molecule has 0 unspecified atom stereocenters. The molecule has 7 heavy (non-hydrogen) atoms. The highest BCUT2D eigenvalue weighted by atomic mass is 35.5. The Labute approximate surface area is 46.4 Å². The molecule has 1 N–H and O–H groups in total. The Hall–Kier alpha value is -0.505. The van der Waals surface area contributed by atoms with Crippen molar-refractivity contribution in [3.8, 4) is 0 Å². The minimum Gasteiger partial charge on any atom is -0.410 e. The van der Waals surface area contributed by atoms with Crippen LogP contribution in [-0.2, 0) is 4.79 Å². The van der Waals surface area contributed by atoms with Gasteiger partial charge < -0.3 is 10.0 Å². The van der Waals surface area contributed by atoms with Crippen LogP contribution in [0, 0.1) is 0 Å². The second kappa shape index (κ2) is 2.63. The van der Waals surface area contributed by atoms with Gasteiger partial charge in [-0.3, -0.25) is 0 Å². The Morgan fingerprint density at radius 2 is 2.29 bits per heavy atom. The number of oxime groups is 1. The first kappa shape index (κ1) is 6.49. The Morgan fingerprint density at radius 1 is 1.86 bits per heavy atom. The first-order valence-corrected chi connectivity index (χ1v) is 1.73. The van der Waals surface area contributed by atoms with Crippen LogP contribution in [0.1, 0.15) is 0 Å². The van der Waals surface area contributed by atoms with Crippen molar-refractivity contribution in [2.75, 3.05) is 0 Å². The van der Waals surface area contributed by atoms with Crippen molar-refractivity contribution in [2.24, 2.45) is 5.16 Å². The van der Waals surface area contributed by atoms with E-state index in [2.05, 4.69) is 13.0 Å². The van der Waals surface area contributed by atoms with Crippen LogP contribution in [0.25, 0.3) is 0 Å². The quantitative estimate of drug-likeness (QED) is 0.222. The van der Waals surface area contributed by atoms with Crippen molar-refractivity contribution in [1.29, 1.82) is 0 Å². The molecule has 0 atom stereocenters. The van der Waals surface area contributed by atoms with E-state index in [1.165, 1.54) is 0 Å².